The van der Waals surface area contributed by atoms with Crippen LogP contribution in [-0.4, -0.2) is 24.7 Å². The second kappa shape index (κ2) is 5.41. The lowest BCUT2D eigenvalue weighted by Crippen LogP contribution is -2.08. The number of rotatable bonds is 4. The molecule has 0 aliphatic carbocycles. The van der Waals surface area contributed by atoms with Crippen molar-refractivity contribution in [2.75, 3.05) is 5.32 Å². The normalized spacial score (nSPS) is 10.6. The number of nitro groups is 1. The molecule has 20 heavy (non-hydrogen) atoms. The Hall–Kier alpha value is -2.22. The first-order valence-electron chi connectivity index (χ1n) is 5.80. The minimum atomic E-state index is -0.524. The van der Waals surface area contributed by atoms with Crippen LogP contribution in [0.4, 0.5) is 11.5 Å². The Kier molecular flexibility index (Phi) is 3.84. The third-order valence-corrected chi connectivity index (χ3v) is 2.94. The number of hydrogen-bond acceptors (Lipinski definition) is 6. The number of nitrogens with one attached hydrogen (secondary N) is 1. The molecule has 0 saturated carbocycles. The van der Waals surface area contributed by atoms with Crippen LogP contribution in [0.1, 0.15) is 17.0 Å². The van der Waals surface area contributed by atoms with Crippen molar-refractivity contribution in [2.45, 2.75) is 20.4 Å². The molecule has 0 unspecified atom stereocenters. The lowest BCUT2D eigenvalue weighted by molar-refractivity contribution is -0.385. The number of hydrogen-bond donors (Lipinski definition) is 1. The van der Waals surface area contributed by atoms with Gasteiger partial charge in [-0.05, 0) is 25.4 Å². The van der Waals surface area contributed by atoms with E-state index in [0.29, 0.717) is 6.54 Å². The Labute approximate surface area is 120 Å². The van der Waals surface area contributed by atoms with Gasteiger partial charge >= 0.3 is 5.69 Å². The average Bonchev–Trinajstić information content (AvgIpc) is 2.63. The number of aromatic nitrogens is 4. The van der Waals surface area contributed by atoms with Gasteiger partial charge in [-0.3, -0.25) is 14.8 Å². The number of nitrogens with zero attached hydrogens (tertiary/aromatic N) is 5. The molecule has 0 spiro atoms. The van der Waals surface area contributed by atoms with Crippen molar-refractivity contribution in [3.05, 3.63) is 38.5 Å². The molecule has 0 aliphatic rings. The lowest BCUT2D eigenvalue weighted by atomic mass is 10.2. The standard InChI is InChI=1S/C11H13ClN6O2/c1-6-8(5-17(3)16-6)4-13-10-9(18(19)20)7(2)14-11(12)15-10/h5H,4H2,1-3H3,(H,13,14,15). The van der Waals surface area contributed by atoms with Crippen LogP contribution in [0.3, 0.4) is 0 Å². The maximum Gasteiger partial charge on any atom is 0.332 e. The largest absolute Gasteiger partial charge is 0.360 e. The van der Waals surface area contributed by atoms with Crippen LogP contribution < -0.4 is 5.32 Å². The van der Waals surface area contributed by atoms with Crippen LogP contribution >= 0.6 is 11.6 Å². The first-order chi connectivity index (χ1) is 9.38. The topological polar surface area (TPSA) is 98.8 Å². The Balaban J connectivity index is 2.29. The van der Waals surface area contributed by atoms with Gasteiger partial charge in [-0.15, -0.1) is 0 Å². The van der Waals surface area contributed by atoms with Crippen molar-refractivity contribution in [2.24, 2.45) is 7.05 Å². The second-order valence-corrected chi connectivity index (χ2v) is 4.64. The zero-order valence-corrected chi connectivity index (χ0v) is 12.0. The summed E-state index contributed by atoms with van der Waals surface area (Å²) in [6.07, 6.45) is 1.84. The van der Waals surface area contributed by atoms with Crippen LogP contribution in [0.2, 0.25) is 5.28 Å². The summed E-state index contributed by atoms with van der Waals surface area (Å²) in [4.78, 5) is 18.2. The molecule has 2 heterocycles. The van der Waals surface area contributed by atoms with Gasteiger partial charge < -0.3 is 5.32 Å². The first-order valence-corrected chi connectivity index (χ1v) is 6.17. The van der Waals surface area contributed by atoms with Gasteiger partial charge in [0.15, 0.2) is 0 Å². The SMILES string of the molecule is Cc1nn(C)cc1CNc1nc(Cl)nc(C)c1[N+](=O)[O-]. The molecule has 106 valence electrons. The molecule has 0 saturated heterocycles. The number of anilines is 1. The highest BCUT2D eigenvalue weighted by Crippen LogP contribution is 2.26. The van der Waals surface area contributed by atoms with E-state index in [0.717, 1.165) is 11.3 Å². The molecular weight excluding hydrogens is 284 g/mol. The van der Waals surface area contributed by atoms with Crippen LogP contribution in [0, 0.1) is 24.0 Å². The summed E-state index contributed by atoms with van der Waals surface area (Å²) in [6, 6.07) is 0. The van der Waals surface area contributed by atoms with E-state index < -0.39 is 4.92 Å². The number of halogens is 1. The van der Waals surface area contributed by atoms with E-state index in [1.165, 1.54) is 6.92 Å². The van der Waals surface area contributed by atoms with Crippen molar-refractivity contribution in [1.82, 2.24) is 19.7 Å². The molecule has 0 aromatic carbocycles. The van der Waals surface area contributed by atoms with Gasteiger partial charge in [0.05, 0.1) is 10.6 Å². The maximum absolute atomic E-state index is 11.1. The molecule has 0 radical (unpaired) electrons. The van der Waals surface area contributed by atoms with E-state index in [1.807, 2.05) is 20.2 Å². The van der Waals surface area contributed by atoms with Gasteiger partial charge in [0.25, 0.3) is 0 Å². The quantitative estimate of drug-likeness (QED) is 0.526. The van der Waals surface area contributed by atoms with E-state index in [1.54, 1.807) is 4.68 Å². The smallest absolute Gasteiger partial charge is 0.332 e. The predicted octanol–water partition coefficient (Wildman–Crippen LogP) is 2.00. The van der Waals surface area contributed by atoms with Crippen LogP contribution in [-0.2, 0) is 13.6 Å². The fraction of sp³-hybridized carbons (Fsp3) is 0.364. The van der Waals surface area contributed by atoms with Gasteiger partial charge in [-0.25, -0.2) is 4.98 Å². The molecule has 8 nitrogen and oxygen atoms in total. The van der Waals surface area contributed by atoms with Crippen LogP contribution in [0.5, 0.6) is 0 Å². The van der Waals surface area contributed by atoms with Gasteiger partial charge in [0.1, 0.15) is 5.69 Å². The van der Waals surface area contributed by atoms with Gasteiger partial charge in [-0.1, -0.05) is 0 Å². The highest BCUT2D eigenvalue weighted by molar-refractivity contribution is 6.28. The van der Waals surface area contributed by atoms with Crippen molar-refractivity contribution in [3.63, 3.8) is 0 Å². The fourth-order valence-electron chi connectivity index (χ4n) is 1.88. The van der Waals surface area contributed by atoms with Crippen molar-refractivity contribution < 1.29 is 4.92 Å². The Morgan fingerprint density at radius 3 is 2.65 bits per heavy atom. The van der Waals surface area contributed by atoms with E-state index in [-0.39, 0.29) is 22.5 Å². The zero-order chi connectivity index (χ0) is 14.9. The molecule has 2 aromatic rings. The molecule has 9 heteroatoms. The summed E-state index contributed by atoms with van der Waals surface area (Å²) in [7, 11) is 1.81. The lowest BCUT2D eigenvalue weighted by Gasteiger charge is -2.07. The van der Waals surface area contributed by atoms with E-state index >= 15 is 0 Å². The van der Waals surface area contributed by atoms with Gasteiger partial charge in [0, 0.05) is 25.4 Å². The van der Waals surface area contributed by atoms with Crippen molar-refractivity contribution in [1.29, 1.82) is 0 Å². The molecule has 0 bridgehead atoms. The van der Waals surface area contributed by atoms with Gasteiger partial charge in [-0.2, -0.15) is 10.1 Å². The summed E-state index contributed by atoms with van der Waals surface area (Å²) < 4.78 is 1.68. The average molecular weight is 297 g/mol. The van der Waals surface area contributed by atoms with Crippen LogP contribution in [0.15, 0.2) is 6.20 Å². The highest BCUT2D eigenvalue weighted by atomic mass is 35.5. The van der Waals surface area contributed by atoms with Crippen molar-refractivity contribution >= 4 is 23.1 Å². The Bertz CT molecular complexity index is 669. The third-order valence-electron chi connectivity index (χ3n) is 2.78. The number of aryl methyl sites for hydroxylation is 3. The maximum atomic E-state index is 11.1. The summed E-state index contributed by atoms with van der Waals surface area (Å²) in [5.74, 6) is 0.107. The van der Waals surface area contributed by atoms with E-state index in [4.69, 9.17) is 11.6 Å². The first kappa shape index (κ1) is 14.2. The third kappa shape index (κ3) is 2.85. The molecule has 0 amide bonds. The minimum Gasteiger partial charge on any atom is -0.360 e. The molecule has 2 rings (SSSR count). The van der Waals surface area contributed by atoms with Gasteiger partial charge in [0.2, 0.25) is 11.1 Å². The second-order valence-electron chi connectivity index (χ2n) is 4.30. The van der Waals surface area contributed by atoms with Crippen LogP contribution in [0.25, 0.3) is 0 Å². The highest BCUT2D eigenvalue weighted by Gasteiger charge is 2.21. The Morgan fingerprint density at radius 1 is 1.40 bits per heavy atom. The summed E-state index contributed by atoms with van der Waals surface area (Å²) in [5, 5.41) is 18.1. The summed E-state index contributed by atoms with van der Waals surface area (Å²) in [5.41, 5.74) is 1.82. The monoisotopic (exact) mass is 296 g/mol. The minimum absolute atomic E-state index is 0.0292. The molecule has 0 fully saturated rings. The predicted molar refractivity (Wildman–Crippen MR) is 73.7 cm³/mol. The molecule has 2 aromatic heterocycles. The molecular formula is C11H13ClN6O2. The van der Waals surface area contributed by atoms with Crippen molar-refractivity contribution in [3.8, 4) is 0 Å². The van der Waals surface area contributed by atoms with E-state index in [2.05, 4.69) is 20.4 Å². The Morgan fingerprint density at radius 2 is 2.10 bits per heavy atom. The molecule has 0 atom stereocenters. The fourth-order valence-corrected chi connectivity index (χ4v) is 2.09. The molecule has 1 N–H and O–H groups in total. The summed E-state index contributed by atoms with van der Waals surface area (Å²) >= 11 is 5.74. The summed E-state index contributed by atoms with van der Waals surface area (Å²) in [6.45, 7) is 3.75. The zero-order valence-electron chi connectivity index (χ0n) is 11.2. The van der Waals surface area contributed by atoms with E-state index in [9.17, 15) is 10.1 Å². The molecule has 0 aliphatic heterocycles.